The summed E-state index contributed by atoms with van der Waals surface area (Å²) < 4.78 is 0. The van der Waals surface area contributed by atoms with Gasteiger partial charge in [0.2, 0.25) is 11.8 Å². The SMILES string of the molecule is Cl.NC1(C(=O)NCCNC(=O)CC2CCCCC2)CCCC1. The molecule has 2 fully saturated rings. The Kier molecular flexibility index (Phi) is 8.18. The van der Waals surface area contributed by atoms with Gasteiger partial charge in [0.25, 0.3) is 0 Å². The third kappa shape index (κ3) is 5.76. The second-order valence-corrected chi connectivity index (χ2v) is 6.68. The Morgan fingerprint density at radius 3 is 2.18 bits per heavy atom. The van der Waals surface area contributed by atoms with Crippen molar-refractivity contribution in [2.45, 2.75) is 69.7 Å². The molecule has 2 aliphatic carbocycles. The lowest BCUT2D eigenvalue weighted by Crippen LogP contribution is -2.53. The van der Waals surface area contributed by atoms with E-state index in [9.17, 15) is 9.59 Å². The average Bonchev–Trinajstić information content (AvgIpc) is 2.92. The van der Waals surface area contributed by atoms with Gasteiger partial charge in [0, 0.05) is 19.5 Å². The maximum atomic E-state index is 12.0. The van der Waals surface area contributed by atoms with Crippen molar-refractivity contribution >= 4 is 24.2 Å². The van der Waals surface area contributed by atoms with Crippen LogP contribution in [0.2, 0.25) is 0 Å². The van der Waals surface area contributed by atoms with E-state index in [-0.39, 0.29) is 24.2 Å². The van der Waals surface area contributed by atoms with Crippen LogP contribution in [-0.2, 0) is 9.59 Å². The summed E-state index contributed by atoms with van der Waals surface area (Å²) in [6.45, 7) is 0.960. The molecule has 0 bridgehead atoms. The van der Waals surface area contributed by atoms with Crippen molar-refractivity contribution in [3.8, 4) is 0 Å². The summed E-state index contributed by atoms with van der Waals surface area (Å²) in [6.07, 6.45) is 10.4. The van der Waals surface area contributed by atoms with Gasteiger partial charge in [-0.3, -0.25) is 9.59 Å². The third-order valence-electron chi connectivity index (χ3n) is 4.88. The summed E-state index contributed by atoms with van der Waals surface area (Å²) in [5.74, 6) is 0.597. The molecular weight excluding hydrogens is 302 g/mol. The van der Waals surface area contributed by atoms with Gasteiger partial charge in [0.1, 0.15) is 0 Å². The highest BCUT2D eigenvalue weighted by molar-refractivity contribution is 5.86. The van der Waals surface area contributed by atoms with Crippen molar-refractivity contribution < 1.29 is 9.59 Å². The monoisotopic (exact) mass is 331 g/mol. The summed E-state index contributed by atoms with van der Waals surface area (Å²) in [6, 6.07) is 0. The van der Waals surface area contributed by atoms with Gasteiger partial charge < -0.3 is 16.4 Å². The first kappa shape index (κ1) is 19.2. The molecule has 0 aliphatic heterocycles. The van der Waals surface area contributed by atoms with E-state index < -0.39 is 5.54 Å². The lowest BCUT2D eigenvalue weighted by molar-refractivity contribution is -0.126. The van der Waals surface area contributed by atoms with Crippen molar-refractivity contribution in [2.75, 3.05) is 13.1 Å². The summed E-state index contributed by atoms with van der Waals surface area (Å²) >= 11 is 0. The standard InChI is InChI=1S/C16H29N3O2.ClH/c17-16(8-4-5-9-16)15(21)19-11-10-18-14(20)12-13-6-2-1-3-7-13;/h13H,1-12,17H2,(H,18,20)(H,19,21);1H. The minimum Gasteiger partial charge on any atom is -0.354 e. The maximum absolute atomic E-state index is 12.0. The first-order chi connectivity index (χ1) is 10.1. The van der Waals surface area contributed by atoms with E-state index >= 15 is 0 Å². The fourth-order valence-electron chi connectivity index (χ4n) is 3.51. The molecule has 2 aliphatic rings. The zero-order chi connectivity index (χ0) is 15.1. The number of nitrogens with one attached hydrogen (secondary N) is 2. The minimum absolute atomic E-state index is 0. The first-order valence-corrected chi connectivity index (χ1v) is 8.44. The number of hydrogen-bond acceptors (Lipinski definition) is 3. The molecule has 5 nitrogen and oxygen atoms in total. The zero-order valence-corrected chi connectivity index (χ0v) is 14.2. The second kappa shape index (κ2) is 9.36. The molecule has 4 N–H and O–H groups in total. The fraction of sp³-hybridized carbons (Fsp3) is 0.875. The molecule has 0 aromatic carbocycles. The van der Waals surface area contributed by atoms with Crippen LogP contribution in [0, 0.1) is 5.92 Å². The van der Waals surface area contributed by atoms with Crippen LogP contribution in [0.3, 0.4) is 0 Å². The highest BCUT2D eigenvalue weighted by atomic mass is 35.5. The van der Waals surface area contributed by atoms with E-state index in [1.807, 2.05) is 0 Å². The Bertz CT molecular complexity index is 364. The average molecular weight is 332 g/mol. The molecule has 0 spiro atoms. The van der Waals surface area contributed by atoms with Crippen LogP contribution >= 0.6 is 12.4 Å². The van der Waals surface area contributed by atoms with Crippen molar-refractivity contribution in [2.24, 2.45) is 11.7 Å². The molecular formula is C16H30ClN3O2. The fourth-order valence-corrected chi connectivity index (χ4v) is 3.51. The molecule has 0 radical (unpaired) electrons. The van der Waals surface area contributed by atoms with Crippen LogP contribution in [0.25, 0.3) is 0 Å². The second-order valence-electron chi connectivity index (χ2n) is 6.68. The van der Waals surface area contributed by atoms with E-state index in [0.717, 1.165) is 25.7 Å². The van der Waals surface area contributed by atoms with Gasteiger partial charge >= 0.3 is 0 Å². The molecule has 0 heterocycles. The van der Waals surface area contributed by atoms with Crippen LogP contribution in [-0.4, -0.2) is 30.4 Å². The van der Waals surface area contributed by atoms with E-state index in [1.165, 1.54) is 32.1 Å². The number of carbonyl (C=O) groups is 2. The summed E-state index contributed by atoms with van der Waals surface area (Å²) in [7, 11) is 0. The predicted molar refractivity (Wildman–Crippen MR) is 89.8 cm³/mol. The van der Waals surface area contributed by atoms with Crippen LogP contribution < -0.4 is 16.4 Å². The molecule has 2 saturated carbocycles. The highest BCUT2D eigenvalue weighted by Gasteiger charge is 2.36. The molecule has 0 saturated heterocycles. The highest BCUT2D eigenvalue weighted by Crippen LogP contribution is 2.27. The lowest BCUT2D eigenvalue weighted by atomic mass is 9.87. The Morgan fingerprint density at radius 2 is 1.55 bits per heavy atom. The smallest absolute Gasteiger partial charge is 0.240 e. The van der Waals surface area contributed by atoms with E-state index in [0.29, 0.717) is 25.4 Å². The van der Waals surface area contributed by atoms with Gasteiger partial charge in [-0.2, -0.15) is 0 Å². The molecule has 2 amide bonds. The Hall–Kier alpha value is -0.810. The van der Waals surface area contributed by atoms with Crippen molar-refractivity contribution in [3.63, 3.8) is 0 Å². The number of carbonyl (C=O) groups excluding carboxylic acids is 2. The van der Waals surface area contributed by atoms with Crippen LogP contribution in [0.1, 0.15) is 64.2 Å². The van der Waals surface area contributed by atoms with Gasteiger partial charge in [0.05, 0.1) is 5.54 Å². The van der Waals surface area contributed by atoms with Crippen molar-refractivity contribution in [1.82, 2.24) is 10.6 Å². The molecule has 0 aromatic heterocycles. The van der Waals surface area contributed by atoms with Gasteiger partial charge in [-0.1, -0.05) is 32.1 Å². The van der Waals surface area contributed by atoms with Crippen LogP contribution in [0.5, 0.6) is 0 Å². The number of halogens is 1. The summed E-state index contributed by atoms with van der Waals surface area (Å²) in [4.78, 5) is 23.8. The Morgan fingerprint density at radius 1 is 0.955 bits per heavy atom. The summed E-state index contributed by atoms with van der Waals surface area (Å²) in [5, 5.41) is 5.74. The molecule has 0 unspecified atom stereocenters. The molecule has 2 rings (SSSR count). The number of amides is 2. The predicted octanol–water partition coefficient (Wildman–Crippen LogP) is 1.88. The Labute approximate surface area is 139 Å². The summed E-state index contributed by atoms with van der Waals surface area (Å²) in [5.41, 5.74) is 5.39. The molecule has 0 atom stereocenters. The number of rotatable bonds is 6. The molecule has 0 aromatic rings. The molecule has 6 heteroatoms. The van der Waals surface area contributed by atoms with E-state index in [4.69, 9.17) is 5.73 Å². The van der Waals surface area contributed by atoms with Gasteiger partial charge in [-0.15, -0.1) is 12.4 Å². The quantitative estimate of drug-likeness (QED) is 0.650. The lowest BCUT2D eigenvalue weighted by Gasteiger charge is -2.22. The first-order valence-electron chi connectivity index (χ1n) is 8.44. The number of nitrogens with two attached hydrogens (primary N) is 1. The van der Waals surface area contributed by atoms with Gasteiger partial charge in [-0.05, 0) is 31.6 Å². The normalized spacial score (nSPS) is 21.0. The topological polar surface area (TPSA) is 84.2 Å². The van der Waals surface area contributed by atoms with Crippen molar-refractivity contribution in [1.29, 1.82) is 0 Å². The van der Waals surface area contributed by atoms with Gasteiger partial charge in [0.15, 0.2) is 0 Å². The van der Waals surface area contributed by atoms with Gasteiger partial charge in [-0.25, -0.2) is 0 Å². The molecule has 128 valence electrons. The minimum atomic E-state index is -0.674. The largest absolute Gasteiger partial charge is 0.354 e. The third-order valence-corrected chi connectivity index (χ3v) is 4.88. The van der Waals surface area contributed by atoms with E-state index in [1.54, 1.807) is 0 Å². The zero-order valence-electron chi connectivity index (χ0n) is 13.4. The van der Waals surface area contributed by atoms with Crippen LogP contribution in [0.15, 0.2) is 0 Å². The van der Waals surface area contributed by atoms with E-state index in [2.05, 4.69) is 10.6 Å². The van der Waals surface area contributed by atoms with Crippen molar-refractivity contribution in [3.05, 3.63) is 0 Å². The van der Waals surface area contributed by atoms with Crippen LogP contribution in [0.4, 0.5) is 0 Å². The maximum Gasteiger partial charge on any atom is 0.240 e. The Balaban J connectivity index is 0.00000242. The molecule has 22 heavy (non-hydrogen) atoms. The number of hydrogen-bond donors (Lipinski definition) is 3.